The fourth-order valence-corrected chi connectivity index (χ4v) is 3.03. The molecule has 0 spiro atoms. The highest BCUT2D eigenvalue weighted by Gasteiger charge is 2.36. The van der Waals surface area contributed by atoms with Crippen LogP contribution >= 0.6 is 11.8 Å². The summed E-state index contributed by atoms with van der Waals surface area (Å²) in [4.78, 5) is 11.0. The standard InChI is InChI=1S/C13H16O2S/c1-9-3-2-4-10(7-9)8-16-12(13(14)15)11-5-6-11/h2-4,7,11-12H,5-6,8H2,1H3,(H,14,15). The molecule has 16 heavy (non-hydrogen) atoms. The van der Waals surface area contributed by atoms with Crippen molar-refractivity contribution in [1.82, 2.24) is 0 Å². The number of thioether (sulfide) groups is 1. The molecule has 0 amide bonds. The first-order chi connectivity index (χ1) is 7.66. The number of hydrogen-bond donors (Lipinski definition) is 1. The van der Waals surface area contributed by atoms with Gasteiger partial charge < -0.3 is 5.11 Å². The van der Waals surface area contributed by atoms with Crippen LogP contribution < -0.4 is 0 Å². The van der Waals surface area contributed by atoms with Crippen molar-refractivity contribution in [3.05, 3.63) is 35.4 Å². The summed E-state index contributed by atoms with van der Waals surface area (Å²) in [5.41, 5.74) is 2.45. The Morgan fingerprint density at radius 1 is 1.56 bits per heavy atom. The molecular formula is C13H16O2S. The zero-order chi connectivity index (χ0) is 11.5. The van der Waals surface area contributed by atoms with Crippen molar-refractivity contribution >= 4 is 17.7 Å². The van der Waals surface area contributed by atoms with E-state index in [2.05, 4.69) is 25.1 Å². The minimum Gasteiger partial charge on any atom is -0.480 e. The minimum atomic E-state index is -0.653. The summed E-state index contributed by atoms with van der Waals surface area (Å²) in [6.07, 6.45) is 2.16. The molecule has 86 valence electrons. The maximum absolute atomic E-state index is 11.0. The maximum Gasteiger partial charge on any atom is 0.316 e. The second-order valence-corrected chi connectivity index (χ2v) is 5.53. The molecule has 0 aromatic heterocycles. The van der Waals surface area contributed by atoms with Crippen LogP contribution in [0.15, 0.2) is 24.3 Å². The number of aliphatic carboxylic acids is 1. The van der Waals surface area contributed by atoms with Gasteiger partial charge in [0.2, 0.25) is 0 Å². The van der Waals surface area contributed by atoms with Gasteiger partial charge >= 0.3 is 5.97 Å². The Morgan fingerprint density at radius 3 is 2.88 bits per heavy atom. The van der Waals surface area contributed by atoms with E-state index in [1.54, 1.807) is 11.8 Å². The molecular weight excluding hydrogens is 220 g/mol. The van der Waals surface area contributed by atoms with E-state index in [4.69, 9.17) is 5.11 Å². The van der Waals surface area contributed by atoms with Gasteiger partial charge in [-0.05, 0) is 31.2 Å². The smallest absolute Gasteiger partial charge is 0.316 e. The number of hydrogen-bond acceptors (Lipinski definition) is 2. The van der Waals surface area contributed by atoms with E-state index in [1.807, 2.05) is 6.07 Å². The molecule has 2 nitrogen and oxygen atoms in total. The van der Waals surface area contributed by atoms with Crippen molar-refractivity contribution in [1.29, 1.82) is 0 Å². The maximum atomic E-state index is 11.0. The molecule has 1 aliphatic rings. The van der Waals surface area contributed by atoms with Gasteiger partial charge in [-0.15, -0.1) is 11.8 Å². The van der Waals surface area contributed by atoms with Crippen LogP contribution in [-0.2, 0) is 10.5 Å². The first kappa shape index (κ1) is 11.5. The van der Waals surface area contributed by atoms with E-state index in [0.717, 1.165) is 18.6 Å². The van der Waals surface area contributed by atoms with E-state index in [-0.39, 0.29) is 5.25 Å². The van der Waals surface area contributed by atoms with Crippen molar-refractivity contribution in [2.45, 2.75) is 30.8 Å². The molecule has 0 heterocycles. The number of rotatable bonds is 5. The van der Waals surface area contributed by atoms with Crippen molar-refractivity contribution in [2.75, 3.05) is 0 Å². The third-order valence-electron chi connectivity index (χ3n) is 2.81. The highest BCUT2D eigenvalue weighted by atomic mass is 32.2. The minimum absolute atomic E-state index is 0.208. The first-order valence-corrected chi connectivity index (χ1v) is 6.61. The second-order valence-electron chi connectivity index (χ2n) is 4.40. The summed E-state index contributed by atoms with van der Waals surface area (Å²) in [6, 6.07) is 8.27. The lowest BCUT2D eigenvalue weighted by Crippen LogP contribution is -2.18. The van der Waals surface area contributed by atoms with Gasteiger partial charge in [-0.1, -0.05) is 29.8 Å². The molecule has 0 radical (unpaired) electrons. The average Bonchev–Trinajstić information content (AvgIpc) is 3.02. The van der Waals surface area contributed by atoms with Crippen LogP contribution in [0.2, 0.25) is 0 Å². The molecule has 0 saturated heterocycles. The lowest BCUT2D eigenvalue weighted by atomic mass is 10.2. The third kappa shape index (κ3) is 3.01. The van der Waals surface area contributed by atoms with E-state index in [9.17, 15) is 4.79 Å². The van der Waals surface area contributed by atoms with Gasteiger partial charge in [0.05, 0.1) is 0 Å². The Kier molecular flexibility index (Phi) is 3.54. The number of carboxylic acids is 1. The zero-order valence-corrected chi connectivity index (χ0v) is 10.2. The fraction of sp³-hybridized carbons (Fsp3) is 0.462. The molecule has 1 aromatic carbocycles. The zero-order valence-electron chi connectivity index (χ0n) is 9.35. The fourth-order valence-electron chi connectivity index (χ4n) is 1.80. The molecule has 1 aliphatic carbocycles. The topological polar surface area (TPSA) is 37.3 Å². The lowest BCUT2D eigenvalue weighted by molar-refractivity contribution is -0.136. The van der Waals surface area contributed by atoms with Crippen LogP contribution in [0.1, 0.15) is 24.0 Å². The van der Waals surface area contributed by atoms with Crippen LogP contribution in [0.25, 0.3) is 0 Å². The predicted octanol–water partition coefficient (Wildman–Crippen LogP) is 3.09. The number of carbonyl (C=O) groups is 1. The van der Waals surface area contributed by atoms with Crippen LogP contribution in [-0.4, -0.2) is 16.3 Å². The van der Waals surface area contributed by atoms with Gasteiger partial charge in [0, 0.05) is 5.75 Å². The number of aryl methyl sites for hydroxylation is 1. The van der Waals surface area contributed by atoms with Gasteiger partial charge in [-0.25, -0.2) is 0 Å². The van der Waals surface area contributed by atoms with Crippen LogP contribution in [0.4, 0.5) is 0 Å². The van der Waals surface area contributed by atoms with Crippen LogP contribution in [0, 0.1) is 12.8 Å². The molecule has 1 aromatic rings. The van der Waals surface area contributed by atoms with E-state index < -0.39 is 5.97 Å². The quantitative estimate of drug-likeness (QED) is 0.853. The Hall–Kier alpha value is -0.960. The van der Waals surface area contributed by atoms with Crippen molar-refractivity contribution < 1.29 is 9.90 Å². The summed E-state index contributed by atoms with van der Waals surface area (Å²) in [7, 11) is 0. The molecule has 1 unspecified atom stereocenters. The van der Waals surface area contributed by atoms with Gasteiger partial charge in [-0.2, -0.15) is 0 Å². The van der Waals surface area contributed by atoms with Crippen LogP contribution in [0.5, 0.6) is 0 Å². The molecule has 0 bridgehead atoms. The van der Waals surface area contributed by atoms with Crippen LogP contribution in [0.3, 0.4) is 0 Å². The molecule has 1 N–H and O–H groups in total. The van der Waals surface area contributed by atoms with E-state index in [0.29, 0.717) is 5.92 Å². The second kappa shape index (κ2) is 4.91. The Morgan fingerprint density at radius 2 is 2.31 bits per heavy atom. The summed E-state index contributed by atoms with van der Waals surface area (Å²) in [5, 5.41) is 8.89. The SMILES string of the molecule is Cc1cccc(CSC(C(=O)O)C2CC2)c1. The van der Waals surface area contributed by atoms with Gasteiger partial charge in [0.25, 0.3) is 0 Å². The highest BCUT2D eigenvalue weighted by Crippen LogP contribution is 2.40. The lowest BCUT2D eigenvalue weighted by Gasteiger charge is -2.10. The van der Waals surface area contributed by atoms with Gasteiger partial charge in [0.15, 0.2) is 0 Å². The Balaban J connectivity index is 1.92. The molecule has 1 fully saturated rings. The first-order valence-electron chi connectivity index (χ1n) is 5.57. The van der Waals surface area contributed by atoms with Gasteiger partial charge in [0.1, 0.15) is 5.25 Å². The number of carboxylic acid groups (broad SMARTS) is 1. The summed E-state index contributed by atoms with van der Waals surface area (Å²) < 4.78 is 0. The van der Waals surface area contributed by atoms with Crippen molar-refractivity contribution in [3.63, 3.8) is 0 Å². The van der Waals surface area contributed by atoms with E-state index in [1.165, 1.54) is 11.1 Å². The molecule has 1 saturated carbocycles. The predicted molar refractivity (Wildman–Crippen MR) is 66.6 cm³/mol. The summed E-state index contributed by atoms with van der Waals surface area (Å²) in [5.74, 6) is 0.558. The monoisotopic (exact) mass is 236 g/mol. The molecule has 0 aliphatic heterocycles. The van der Waals surface area contributed by atoms with Crippen molar-refractivity contribution in [3.8, 4) is 0 Å². The van der Waals surface area contributed by atoms with Gasteiger partial charge in [-0.3, -0.25) is 4.79 Å². The van der Waals surface area contributed by atoms with Crippen molar-refractivity contribution in [2.24, 2.45) is 5.92 Å². The number of benzene rings is 1. The average molecular weight is 236 g/mol. The summed E-state index contributed by atoms with van der Waals surface area (Å²) >= 11 is 1.56. The normalized spacial score (nSPS) is 17.1. The molecule has 2 rings (SSSR count). The molecule has 1 atom stereocenters. The summed E-state index contributed by atoms with van der Waals surface area (Å²) in [6.45, 7) is 2.06. The third-order valence-corrected chi connectivity index (χ3v) is 4.25. The highest BCUT2D eigenvalue weighted by molar-refractivity contribution is 7.99. The Bertz CT molecular complexity index is 385. The molecule has 3 heteroatoms. The largest absolute Gasteiger partial charge is 0.480 e. The Labute approximate surface area is 100 Å². The van der Waals surface area contributed by atoms with E-state index >= 15 is 0 Å².